The van der Waals surface area contributed by atoms with Crippen molar-refractivity contribution in [3.8, 4) is 11.5 Å². The summed E-state index contributed by atoms with van der Waals surface area (Å²) in [5.41, 5.74) is 0.725. The van der Waals surface area contributed by atoms with Crippen LogP contribution in [-0.4, -0.2) is 44.9 Å². The molecule has 0 bridgehead atoms. The number of para-hydroxylation sites is 1. The number of likely N-dealkylation sites (tertiary alicyclic amines) is 1. The van der Waals surface area contributed by atoms with Crippen LogP contribution >= 0.6 is 0 Å². The first-order valence-electron chi connectivity index (χ1n) is 12.0. The third-order valence-electron chi connectivity index (χ3n) is 8.09. The molecule has 1 saturated carbocycles. The number of phenolic OH excluding ortho intramolecular Hbond substituents is 2. The van der Waals surface area contributed by atoms with E-state index in [4.69, 9.17) is 0 Å². The maximum atomic E-state index is 13.9. The van der Waals surface area contributed by atoms with Crippen molar-refractivity contribution in [1.82, 2.24) is 10.2 Å². The normalized spacial score (nSPS) is 30.6. The highest BCUT2D eigenvalue weighted by atomic mass is 16.3. The number of aromatic hydroxyl groups is 2. The van der Waals surface area contributed by atoms with Crippen molar-refractivity contribution in [2.45, 2.75) is 56.1 Å². The molecular formula is C26H27N3O5. The van der Waals surface area contributed by atoms with Gasteiger partial charge in [0, 0.05) is 23.3 Å². The van der Waals surface area contributed by atoms with Gasteiger partial charge >= 0.3 is 0 Å². The molecule has 8 nitrogen and oxygen atoms in total. The Morgan fingerprint density at radius 1 is 0.941 bits per heavy atom. The van der Waals surface area contributed by atoms with Crippen LogP contribution in [0.2, 0.25) is 0 Å². The summed E-state index contributed by atoms with van der Waals surface area (Å²) in [7, 11) is 0. The lowest BCUT2D eigenvalue weighted by Crippen LogP contribution is -2.54. The molecule has 4 aliphatic rings. The number of amides is 3. The molecule has 176 valence electrons. The molecule has 2 saturated heterocycles. The van der Waals surface area contributed by atoms with Crippen molar-refractivity contribution >= 4 is 23.4 Å². The molecule has 4 N–H and O–H groups in total. The summed E-state index contributed by atoms with van der Waals surface area (Å²) in [5.74, 6) is -2.79. The second-order valence-electron chi connectivity index (χ2n) is 9.93. The minimum Gasteiger partial charge on any atom is -0.504 e. The summed E-state index contributed by atoms with van der Waals surface area (Å²) < 4.78 is 0. The summed E-state index contributed by atoms with van der Waals surface area (Å²) in [4.78, 5) is 42.7. The zero-order chi connectivity index (χ0) is 23.6. The summed E-state index contributed by atoms with van der Waals surface area (Å²) >= 11 is 0. The van der Waals surface area contributed by atoms with Crippen LogP contribution in [0.25, 0.3) is 0 Å². The smallest absolute Gasteiger partial charge is 0.250 e. The SMILES string of the molecule is O=C1[C@@H]2[C@@H](Cc3ccc(O)c(O)c3)N[C@@]3(C(=O)Nc4ccccc43)[C@H]2C(=O)N1C1CCCCC1. The maximum absolute atomic E-state index is 13.9. The fraction of sp³-hybridized carbons (Fsp3) is 0.423. The zero-order valence-corrected chi connectivity index (χ0v) is 18.7. The average Bonchev–Trinajstić information content (AvgIpc) is 3.41. The number of rotatable bonds is 3. The van der Waals surface area contributed by atoms with Crippen LogP contribution in [-0.2, 0) is 26.3 Å². The molecule has 0 aromatic heterocycles. The Labute approximate surface area is 197 Å². The Hall–Kier alpha value is -3.39. The van der Waals surface area contributed by atoms with Crippen molar-refractivity contribution in [3.63, 3.8) is 0 Å². The standard InChI is InChI=1S/C26H27N3O5/c30-19-11-10-14(13-20(19)31)12-18-21-22(24(33)29(23(21)32)15-6-2-1-3-7-15)26(28-18)16-8-4-5-9-17(16)27-25(26)34/h4-5,8-11,13,15,18,21-22,28,30-31H,1-3,6-7,12H2,(H,27,34)/t18-,21-,22-,26-/m1/s1. The van der Waals surface area contributed by atoms with E-state index >= 15 is 0 Å². The van der Waals surface area contributed by atoms with Crippen molar-refractivity contribution in [2.24, 2.45) is 11.8 Å². The molecule has 4 atom stereocenters. The van der Waals surface area contributed by atoms with Crippen LogP contribution in [0.15, 0.2) is 42.5 Å². The van der Waals surface area contributed by atoms with Gasteiger partial charge in [0.25, 0.3) is 0 Å². The Kier molecular flexibility index (Phi) is 4.71. The van der Waals surface area contributed by atoms with Gasteiger partial charge in [0.15, 0.2) is 11.5 Å². The number of carbonyl (C=O) groups excluding carboxylic acids is 3. The lowest BCUT2D eigenvalue weighted by Gasteiger charge is -2.34. The van der Waals surface area contributed by atoms with E-state index in [0.29, 0.717) is 23.2 Å². The number of phenols is 2. The quantitative estimate of drug-likeness (QED) is 0.412. The van der Waals surface area contributed by atoms with Gasteiger partial charge in [-0.1, -0.05) is 43.5 Å². The summed E-state index contributed by atoms with van der Waals surface area (Å²) in [6, 6.07) is 11.3. The molecule has 6 rings (SSSR count). The van der Waals surface area contributed by atoms with Gasteiger partial charge in [-0.15, -0.1) is 0 Å². The Balaban J connectivity index is 1.45. The zero-order valence-electron chi connectivity index (χ0n) is 18.7. The van der Waals surface area contributed by atoms with Crippen molar-refractivity contribution in [2.75, 3.05) is 5.32 Å². The van der Waals surface area contributed by atoms with E-state index in [2.05, 4.69) is 10.6 Å². The predicted octanol–water partition coefficient (Wildman–Crippen LogP) is 2.39. The van der Waals surface area contributed by atoms with Gasteiger partial charge in [-0.3, -0.25) is 24.6 Å². The Morgan fingerprint density at radius 2 is 1.71 bits per heavy atom. The number of benzene rings is 2. The van der Waals surface area contributed by atoms with Gasteiger partial charge in [-0.05, 0) is 43.0 Å². The largest absolute Gasteiger partial charge is 0.504 e. The molecule has 1 spiro atoms. The first kappa shape index (κ1) is 21.2. The van der Waals surface area contributed by atoms with Gasteiger partial charge in [-0.2, -0.15) is 0 Å². The highest BCUT2D eigenvalue weighted by Crippen LogP contribution is 2.54. The topological polar surface area (TPSA) is 119 Å². The second kappa shape index (κ2) is 7.56. The molecule has 34 heavy (non-hydrogen) atoms. The number of imide groups is 1. The van der Waals surface area contributed by atoms with Gasteiger partial charge in [-0.25, -0.2) is 0 Å². The van der Waals surface area contributed by atoms with E-state index in [1.54, 1.807) is 6.07 Å². The number of nitrogens with zero attached hydrogens (tertiary/aromatic N) is 1. The highest BCUT2D eigenvalue weighted by Gasteiger charge is 2.70. The first-order valence-corrected chi connectivity index (χ1v) is 12.0. The molecule has 3 amide bonds. The van der Waals surface area contributed by atoms with Crippen LogP contribution in [0.3, 0.4) is 0 Å². The lowest BCUT2D eigenvalue weighted by atomic mass is 9.76. The molecule has 2 aromatic rings. The number of hydrogen-bond donors (Lipinski definition) is 4. The Morgan fingerprint density at radius 3 is 2.47 bits per heavy atom. The van der Waals surface area contributed by atoms with Crippen molar-refractivity contribution in [1.29, 1.82) is 0 Å². The third kappa shape index (κ3) is 2.84. The summed E-state index contributed by atoms with van der Waals surface area (Å²) in [6.45, 7) is 0. The fourth-order valence-electron chi connectivity index (χ4n) is 6.60. The second-order valence-corrected chi connectivity index (χ2v) is 9.93. The monoisotopic (exact) mass is 461 g/mol. The molecule has 2 aromatic carbocycles. The maximum Gasteiger partial charge on any atom is 0.250 e. The first-order chi connectivity index (χ1) is 16.4. The highest BCUT2D eigenvalue weighted by molar-refractivity contribution is 6.15. The van der Waals surface area contributed by atoms with Crippen molar-refractivity contribution in [3.05, 3.63) is 53.6 Å². The van der Waals surface area contributed by atoms with E-state index in [9.17, 15) is 24.6 Å². The fourth-order valence-corrected chi connectivity index (χ4v) is 6.60. The van der Waals surface area contributed by atoms with E-state index in [-0.39, 0.29) is 35.3 Å². The van der Waals surface area contributed by atoms with Gasteiger partial charge < -0.3 is 15.5 Å². The molecule has 3 fully saturated rings. The van der Waals surface area contributed by atoms with Crippen molar-refractivity contribution < 1.29 is 24.6 Å². The molecule has 8 heteroatoms. The third-order valence-corrected chi connectivity index (χ3v) is 8.09. The van der Waals surface area contributed by atoms with E-state index in [1.807, 2.05) is 24.3 Å². The predicted molar refractivity (Wildman–Crippen MR) is 123 cm³/mol. The van der Waals surface area contributed by atoms with Crippen LogP contribution in [0.1, 0.15) is 43.2 Å². The molecule has 0 radical (unpaired) electrons. The average molecular weight is 462 g/mol. The number of carbonyl (C=O) groups is 3. The summed E-state index contributed by atoms with van der Waals surface area (Å²) in [6.07, 6.45) is 5.00. The van der Waals surface area contributed by atoms with E-state index in [0.717, 1.165) is 32.1 Å². The van der Waals surface area contributed by atoms with Crippen LogP contribution in [0.4, 0.5) is 5.69 Å². The van der Waals surface area contributed by atoms with E-state index in [1.165, 1.54) is 17.0 Å². The van der Waals surface area contributed by atoms with Crippen LogP contribution in [0, 0.1) is 11.8 Å². The molecular weight excluding hydrogens is 434 g/mol. The minimum atomic E-state index is -1.32. The number of hydrogen-bond acceptors (Lipinski definition) is 6. The van der Waals surface area contributed by atoms with Gasteiger partial charge in [0.2, 0.25) is 17.7 Å². The van der Waals surface area contributed by atoms with Gasteiger partial charge in [0.05, 0.1) is 11.8 Å². The number of nitrogens with one attached hydrogen (secondary N) is 2. The van der Waals surface area contributed by atoms with Gasteiger partial charge in [0.1, 0.15) is 5.54 Å². The summed E-state index contributed by atoms with van der Waals surface area (Å²) in [5, 5.41) is 26.0. The number of fused-ring (bicyclic) bond motifs is 4. The van der Waals surface area contributed by atoms with Crippen LogP contribution < -0.4 is 10.6 Å². The molecule has 0 unspecified atom stereocenters. The van der Waals surface area contributed by atoms with E-state index < -0.39 is 23.4 Å². The molecule has 3 heterocycles. The lowest BCUT2D eigenvalue weighted by molar-refractivity contribution is -0.146. The molecule has 1 aliphatic carbocycles. The van der Waals surface area contributed by atoms with Crippen LogP contribution in [0.5, 0.6) is 11.5 Å². The minimum absolute atomic E-state index is 0.116. The Bertz CT molecular complexity index is 1210. The molecule has 3 aliphatic heterocycles. The number of anilines is 1.